The predicted molar refractivity (Wildman–Crippen MR) is 84.9 cm³/mol. The second-order valence-electron chi connectivity index (χ2n) is 5.79. The van der Waals surface area contributed by atoms with Crippen LogP contribution in [0.3, 0.4) is 0 Å². The summed E-state index contributed by atoms with van der Waals surface area (Å²) < 4.78 is 10.8. The fourth-order valence-corrected chi connectivity index (χ4v) is 3.22. The minimum absolute atomic E-state index is 0.0746. The molecule has 0 spiro atoms. The topological polar surface area (TPSA) is 56.5 Å². The molecule has 4 heteroatoms. The Bertz CT molecular complexity index is 1050. The molecular weight excluding hydrogens is 280 g/mol. The lowest BCUT2D eigenvalue weighted by atomic mass is 9.99. The highest BCUT2D eigenvalue weighted by Crippen LogP contribution is 2.37. The first-order valence-corrected chi connectivity index (χ1v) is 7.24. The van der Waals surface area contributed by atoms with Crippen molar-refractivity contribution in [2.75, 3.05) is 6.61 Å². The van der Waals surface area contributed by atoms with Crippen LogP contribution < -0.4 is 16.0 Å². The van der Waals surface area contributed by atoms with Crippen LogP contribution in [0.1, 0.15) is 24.0 Å². The molecular formula is C18H14O4. The molecule has 1 aliphatic rings. The predicted octanol–water partition coefficient (Wildman–Crippen LogP) is 3.11. The van der Waals surface area contributed by atoms with Crippen LogP contribution in [-0.4, -0.2) is 6.61 Å². The zero-order valence-electron chi connectivity index (χ0n) is 12.3. The average Bonchev–Trinajstić information content (AvgIpc) is 2.83. The zero-order valence-corrected chi connectivity index (χ0v) is 12.3. The fourth-order valence-electron chi connectivity index (χ4n) is 3.22. The van der Waals surface area contributed by atoms with E-state index in [9.17, 15) is 9.59 Å². The van der Waals surface area contributed by atoms with E-state index in [4.69, 9.17) is 9.15 Å². The molecule has 0 N–H and O–H groups in total. The maximum atomic E-state index is 12.5. The summed E-state index contributed by atoms with van der Waals surface area (Å²) in [6.07, 6.45) is 0. The van der Waals surface area contributed by atoms with Crippen molar-refractivity contribution in [2.24, 2.45) is 0 Å². The Morgan fingerprint density at radius 1 is 1.00 bits per heavy atom. The summed E-state index contributed by atoms with van der Waals surface area (Å²) in [5.74, 6) is 0.413. The zero-order chi connectivity index (χ0) is 15.4. The fraction of sp³-hybridized carbons (Fsp3) is 0.222. The standard InChI is InChI=1S/C18H14O4/c1-9-4-3-5-12-11(9)6-7-13-15(12)18(20)22-17(19)14-10(2)8-21-16(13)14/h3-7,10H,8H2,1-2H3/t10-/m1/s1. The molecule has 1 atom stereocenters. The number of hydrogen-bond acceptors (Lipinski definition) is 4. The number of aryl methyl sites for hydroxylation is 1. The van der Waals surface area contributed by atoms with Gasteiger partial charge in [0.2, 0.25) is 0 Å². The molecule has 0 fully saturated rings. The SMILES string of the molecule is Cc1cccc2c1ccc1c3c(c(=O)oc(=O)c12)[C@H](C)CO3. The number of fused-ring (bicyclic) bond motifs is 5. The van der Waals surface area contributed by atoms with E-state index in [1.807, 2.05) is 44.2 Å². The summed E-state index contributed by atoms with van der Waals surface area (Å²) >= 11 is 0. The Kier molecular flexibility index (Phi) is 2.64. The Morgan fingerprint density at radius 3 is 2.59 bits per heavy atom. The average molecular weight is 294 g/mol. The van der Waals surface area contributed by atoms with Crippen LogP contribution in [0.25, 0.3) is 21.5 Å². The van der Waals surface area contributed by atoms with Crippen LogP contribution in [0.15, 0.2) is 44.3 Å². The van der Waals surface area contributed by atoms with E-state index >= 15 is 0 Å². The van der Waals surface area contributed by atoms with Crippen LogP contribution in [0.5, 0.6) is 5.75 Å². The minimum atomic E-state index is -0.610. The molecule has 0 saturated carbocycles. The Labute approximate surface area is 126 Å². The number of hydrogen-bond donors (Lipinski definition) is 0. The van der Waals surface area contributed by atoms with Gasteiger partial charge in [-0.1, -0.05) is 31.2 Å². The summed E-state index contributed by atoms with van der Waals surface area (Å²) in [6.45, 7) is 4.31. The Balaban J connectivity index is 2.35. The van der Waals surface area contributed by atoms with Gasteiger partial charge in [0.15, 0.2) is 0 Å². The molecule has 0 unspecified atom stereocenters. The van der Waals surface area contributed by atoms with Gasteiger partial charge in [0.05, 0.1) is 17.6 Å². The largest absolute Gasteiger partial charge is 0.492 e. The number of benzene rings is 2. The highest BCUT2D eigenvalue weighted by molar-refractivity contribution is 6.09. The molecule has 0 radical (unpaired) electrons. The van der Waals surface area contributed by atoms with E-state index in [2.05, 4.69) is 0 Å². The van der Waals surface area contributed by atoms with Crippen LogP contribution in [0.2, 0.25) is 0 Å². The molecule has 3 aromatic rings. The van der Waals surface area contributed by atoms with Gasteiger partial charge in [-0.25, -0.2) is 9.59 Å². The molecule has 1 aliphatic heterocycles. The van der Waals surface area contributed by atoms with Gasteiger partial charge in [-0.2, -0.15) is 0 Å². The van der Waals surface area contributed by atoms with Gasteiger partial charge < -0.3 is 9.15 Å². The van der Waals surface area contributed by atoms with Gasteiger partial charge in [0, 0.05) is 11.3 Å². The Morgan fingerprint density at radius 2 is 1.77 bits per heavy atom. The lowest BCUT2D eigenvalue weighted by molar-refractivity contribution is 0.340. The van der Waals surface area contributed by atoms with E-state index in [0.717, 1.165) is 16.3 Å². The molecule has 0 saturated heterocycles. The van der Waals surface area contributed by atoms with Crippen molar-refractivity contribution >= 4 is 21.5 Å². The van der Waals surface area contributed by atoms with Crippen LogP contribution in [0, 0.1) is 6.92 Å². The summed E-state index contributed by atoms with van der Waals surface area (Å²) in [6, 6.07) is 9.56. The van der Waals surface area contributed by atoms with Crippen molar-refractivity contribution < 1.29 is 9.15 Å². The molecule has 0 amide bonds. The highest BCUT2D eigenvalue weighted by atomic mass is 16.5. The van der Waals surface area contributed by atoms with Crippen molar-refractivity contribution in [3.63, 3.8) is 0 Å². The molecule has 1 aromatic heterocycles. The summed E-state index contributed by atoms with van der Waals surface area (Å²) in [7, 11) is 0. The second-order valence-corrected chi connectivity index (χ2v) is 5.79. The first-order valence-electron chi connectivity index (χ1n) is 7.24. The van der Waals surface area contributed by atoms with Crippen molar-refractivity contribution in [3.8, 4) is 5.75 Å². The van der Waals surface area contributed by atoms with Crippen LogP contribution in [0.4, 0.5) is 0 Å². The first-order chi connectivity index (χ1) is 10.6. The van der Waals surface area contributed by atoms with E-state index in [1.54, 1.807) is 0 Å². The van der Waals surface area contributed by atoms with Gasteiger partial charge in [0.1, 0.15) is 5.75 Å². The van der Waals surface area contributed by atoms with Crippen LogP contribution >= 0.6 is 0 Å². The number of ether oxygens (including phenoxy) is 1. The second kappa shape index (κ2) is 4.44. The summed E-state index contributed by atoms with van der Waals surface area (Å²) in [4.78, 5) is 24.7. The third-order valence-electron chi connectivity index (χ3n) is 4.35. The molecule has 4 nitrogen and oxygen atoms in total. The third kappa shape index (κ3) is 1.64. The van der Waals surface area contributed by atoms with E-state index in [1.165, 1.54) is 0 Å². The first kappa shape index (κ1) is 13.1. The maximum Gasteiger partial charge on any atom is 0.347 e. The molecule has 110 valence electrons. The number of rotatable bonds is 0. The van der Waals surface area contributed by atoms with E-state index in [0.29, 0.717) is 28.7 Å². The smallest absolute Gasteiger partial charge is 0.347 e. The van der Waals surface area contributed by atoms with Gasteiger partial charge in [-0.3, -0.25) is 0 Å². The molecule has 4 rings (SSSR count). The lowest BCUT2D eigenvalue weighted by Gasteiger charge is -2.05. The van der Waals surface area contributed by atoms with Crippen molar-refractivity contribution in [1.29, 1.82) is 0 Å². The quantitative estimate of drug-likeness (QED) is 0.639. The van der Waals surface area contributed by atoms with Crippen LogP contribution in [-0.2, 0) is 0 Å². The molecule has 0 aliphatic carbocycles. The van der Waals surface area contributed by atoms with E-state index in [-0.39, 0.29) is 5.92 Å². The molecule has 2 heterocycles. The molecule has 0 bridgehead atoms. The Hall–Kier alpha value is -2.62. The third-order valence-corrected chi connectivity index (χ3v) is 4.35. The normalized spacial score (nSPS) is 16.7. The van der Waals surface area contributed by atoms with Crippen molar-refractivity contribution in [3.05, 3.63) is 62.3 Å². The van der Waals surface area contributed by atoms with E-state index < -0.39 is 11.3 Å². The monoisotopic (exact) mass is 294 g/mol. The van der Waals surface area contributed by atoms with Gasteiger partial charge in [-0.15, -0.1) is 0 Å². The molecule has 2 aromatic carbocycles. The summed E-state index contributed by atoms with van der Waals surface area (Å²) in [5, 5.41) is 2.81. The van der Waals surface area contributed by atoms with Gasteiger partial charge in [0.25, 0.3) is 0 Å². The summed E-state index contributed by atoms with van der Waals surface area (Å²) in [5.41, 5.74) is 0.320. The highest BCUT2D eigenvalue weighted by Gasteiger charge is 2.27. The van der Waals surface area contributed by atoms with Gasteiger partial charge >= 0.3 is 11.3 Å². The lowest BCUT2D eigenvalue weighted by Crippen LogP contribution is -2.11. The van der Waals surface area contributed by atoms with Crippen molar-refractivity contribution in [2.45, 2.75) is 19.8 Å². The maximum absolute atomic E-state index is 12.5. The molecule has 22 heavy (non-hydrogen) atoms. The van der Waals surface area contributed by atoms with Gasteiger partial charge in [-0.05, 0) is 29.3 Å². The minimum Gasteiger partial charge on any atom is -0.492 e. The van der Waals surface area contributed by atoms with Crippen molar-refractivity contribution in [1.82, 2.24) is 0 Å².